The molecule has 0 amide bonds. The minimum atomic E-state index is -3.24. The van der Waals surface area contributed by atoms with E-state index in [4.69, 9.17) is 0 Å². The first-order valence-electron chi connectivity index (χ1n) is 9.45. The first kappa shape index (κ1) is 17.6. The second kappa shape index (κ2) is 7.38. The average molecular weight is 344 g/mol. The lowest BCUT2D eigenvalue weighted by Crippen LogP contribution is -2.51. The van der Waals surface area contributed by atoms with Crippen LogP contribution in [0.1, 0.15) is 58.3 Å². The van der Waals surface area contributed by atoms with E-state index >= 15 is 0 Å². The molecule has 0 aromatic carbocycles. The Morgan fingerprint density at radius 3 is 2.00 bits per heavy atom. The van der Waals surface area contributed by atoms with Gasteiger partial charge in [-0.3, -0.25) is 0 Å². The third-order valence-electron chi connectivity index (χ3n) is 6.27. The highest BCUT2D eigenvalue weighted by molar-refractivity contribution is 7.86. The highest BCUT2D eigenvalue weighted by Crippen LogP contribution is 2.30. The maximum atomic E-state index is 12.7. The van der Waals surface area contributed by atoms with Crippen molar-refractivity contribution in [2.75, 3.05) is 33.2 Å². The molecular weight excluding hydrogens is 310 g/mol. The Labute approximate surface area is 142 Å². The van der Waals surface area contributed by atoms with E-state index in [1.807, 2.05) is 0 Å². The van der Waals surface area contributed by atoms with Crippen molar-refractivity contribution < 1.29 is 8.42 Å². The first-order chi connectivity index (χ1) is 11.0. The van der Waals surface area contributed by atoms with Gasteiger partial charge in [0, 0.05) is 32.2 Å². The van der Waals surface area contributed by atoms with E-state index in [2.05, 4.69) is 11.8 Å². The second-order valence-corrected chi connectivity index (χ2v) is 9.80. The van der Waals surface area contributed by atoms with Crippen LogP contribution in [0.3, 0.4) is 0 Å². The van der Waals surface area contributed by atoms with Crippen LogP contribution in [0.25, 0.3) is 0 Å². The molecule has 3 aliphatic rings. The summed E-state index contributed by atoms with van der Waals surface area (Å²) in [5, 5.41) is 0. The molecule has 1 aliphatic carbocycles. The summed E-state index contributed by atoms with van der Waals surface area (Å²) >= 11 is 0. The molecule has 2 aliphatic heterocycles. The number of nitrogens with zero attached hydrogens (tertiary/aromatic N) is 3. The van der Waals surface area contributed by atoms with Gasteiger partial charge in [-0.05, 0) is 70.4 Å². The first-order valence-corrected chi connectivity index (χ1v) is 10.9. The Morgan fingerprint density at radius 1 is 0.870 bits per heavy atom. The third kappa shape index (κ3) is 3.91. The fourth-order valence-corrected chi connectivity index (χ4v) is 6.18. The van der Waals surface area contributed by atoms with Gasteiger partial charge in [-0.2, -0.15) is 17.0 Å². The van der Waals surface area contributed by atoms with Crippen molar-refractivity contribution >= 4 is 10.2 Å². The normalized spacial score (nSPS) is 32.7. The lowest BCUT2D eigenvalue weighted by atomic mass is 9.85. The number of piperidine rings is 1. The van der Waals surface area contributed by atoms with Crippen LogP contribution in [0, 0.1) is 5.92 Å². The zero-order valence-corrected chi connectivity index (χ0v) is 15.6. The zero-order chi connectivity index (χ0) is 16.4. The summed E-state index contributed by atoms with van der Waals surface area (Å²) in [5.41, 5.74) is 0. The lowest BCUT2D eigenvalue weighted by Gasteiger charge is -2.42. The Kier molecular flexibility index (Phi) is 5.66. The van der Waals surface area contributed by atoms with Gasteiger partial charge in [0.15, 0.2) is 0 Å². The Morgan fingerprint density at radius 2 is 1.43 bits per heavy atom. The molecule has 5 nitrogen and oxygen atoms in total. The predicted molar refractivity (Wildman–Crippen MR) is 93.5 cm³/mol. The predicted octanol–water partition coefficient (Wildman–Crippen LogP) is 2.30. The number of hydrogen-bond donors (Lipinski definition) is 0. The summed E-state index contributed by atoms with van der Waals surface area (Å²) in [6.45, 7) is 5.88. The fraction of sp³-hybridized carbons (Fsp3) is 1.00. The van der Waals surface area contributed by atoms with Crippen molar-refractivity contribution in [1.29, 1.82) is 0 Å². The molecule has 0 bridgehead atoms. The fourth-order valence-electron chi connectivity index (χ4n) is 4.51. The molecular formula is C17H33N3O2S. The van der Waals surface area contributed by atoms with E-state index in [0.717, 1.165) is 50.7 Å². The summed E-state index contributed by atoms with van der Waals surface area (Å²) in [4.78, 5) is 2.62. The van der Waals surface area contributed by atoms with Crippen LogP contribution in [-0.4, -0.2) is 67.2 Å². The van der Waals surface area contributed by atoms with Crippen LogP contribution < -0.4 is 0 Å². The van der Waals surface area contributed by atoms with E-state index in [-0.39, 0.29) is 6.04 Å². The topological polar surface area (TPSA) is 43.9 Å². The van der Waals surface area contributed by atoms with Gasteiger partial charge in [-0.15, -0.1) is 0 Å². The molecule has 0 aromatic heterocycles. The molecule has 6 heteroatoms. The molecule has 1 saturated carbocycles. The van der Waals surface area contributed by atoms with Crippen LogP contribution >= 0.6 is 0 Å². The molecule has 3 fully saturated rings. The standard InChI is InChI=1S/C17H33N3O2S/c1-15-5-7-17(8-6-15)19-13-9-16(10-14-19)18(2)23(21,22)20-11-3-4-12-20/h15-17H,3-14H2,1-2H3. The smallest absolute Gasteiger partial charge is 0.281 e. The molecule has 134 valence electrons. The molecule has 2 saturated heterocycles. The minimum Gasteiger partial charge on any atom is -0.300 e. The van der Waals surface area contributed by atoms with Crippen molar-refractivity contribution in [3.63, 3.8) is 0 Å². The Hall–Kier alpha value is -0.170. The quantitative estimate of drug-likeness (QED) is 0.787. The summed E-state index contributed by atoms with van der Waals surface area (Å²) in [5.74, 6) is 0.889. The van der Waals surface area contributed by atoms with Crippen molar-refractivity contribution in [3.8, 4) is 0 Å². The van der Waals surface area contributed by atoms with E-state index in [9.17, 15) is 8.42 Å². The maximum absolute atomic E-state index is 12.7. The van der Waals surface area contributed by atoms with Crippen LogP contribution in [0.15, 0.2) is 0 Å². The summed E-state index contributed by atoms with van der Waals surface area (Å²) in [7, 11) is -1.45. The summed E-state index contributed by atoms with van der Waals surface area (Å²) in [6.07, 6.45) is 9.34. The molecule has 23 heavy (non-hydrogen) atoms. The molecule has 0 radical (unpaired) electrons. The Bertz CT molecular complexity index is 474. The van der Waals surface area contributed by atoms with Gasteiger partial charge in [-0.1, -0.05) is 6.92 Å². The highest BCUT2D eigenvalue weighted by atomic mass is 32.2. The summed E-state index contributed by atoms with van der Waals surface area (Å²) in [6, 6.07) is 0.923. The number of hydrogen-bond acceptors (Lipinski definition) is 3. The van der Waals surface area contributed by atoms with E-state index < -0.39 is 10.2 Å². The highest BCUT2D eigenvalue weighted by Gasteiger charge is 2.36. The third-order valence-corrected chi connectivity index (χ3v) is 8.31. The van der Waals surface area contributed by atoms with Crippen LogP contribution in [-0.2, 0) is 10.2 Å². The molecule has 0 N–H and O–H groups in total. The molecule has 0 atom stereocenters. The second-order valence-electron chi connectivity index (χ2n) is 7.81. The monoisotopic (exact) mass is 343 g/mol. The van der Waals surface area contributed by atoms with Gasteiger partial charge in [-0.25, -0.2) is 0 Å². The number of likely N-dealkylation sites (tertiary alicyclic amines) is 1. The van der Waals surface area contributed by atoms with Crippen molar-refractivity contribution in [2.24, 2.45) is 5.92 Å². The SMILES string of the molecule is CC1CCC(N2CCC(N(C)S(=O)(=O)N3CCCC3)CC2)CC1. The van der Waals surface area contributed by atoms with Crippen molar-refractivity contribution in [2.45, 2.75) is 70.4 Å². The lowest BCUT2D eigenvalue weighted by molar-refractivity contribution is 0.0919. The molecule has 2 heterocycles. The number of rotatable bonds is 4. The van der Waals surface area contributed by atoms with Gasteiger partial charge < -0.3 is 4.90 Å². The van der Waals surface area contributed by atoms with Crippen LogP contribution in [0.5, 0.6) is 0 Å². The molecule has 0 spiro atoms. The molecule has 0 aromatic rings. The van der Waals surface area contributed by atoms with Gasteiger partial charge in [0.2, 0.25) is 0 Å². The largest absolute Gasteiger partial charge is 0.300 e. The summed E-state index contributed by atoms with van der Waals surface area (Å²) < 4.78 is 28.7. The minimum absolute atomic E-state index is 0.180. The van der Waals surface area contributed by atoms with E-state index in [1.54, 1.807) is 15.7 Å². The van der Waals surface area contributed by atoms with E-state index in [1.165, 1.54) is 25.7 Å². The van der Waals surface area contributed by atoms with Crippen molar-refractivity contribution in [1.82, 2.24) is 13.5 Å². The molecule has 3 rings (SSSR count). The maximum Gasteiger partial charge on any atom is 0.281 e. The van der Waals surface area contributed by atoms with Crippen LogP contribution in [0.2, 0.25) is 0 Å². The Balaban J connectivity index is 1.52. The van der Waals surface area contributed by atoms with Crippen LogP contribution in [0.4, 0.5) is 0 Å². The van der Waals surface area contributed by atoms with Gasteiger partial charge in [0.05, 0.1) is 0 Å². The van der Waals surface area contributed by atoms with Gasteiger partial charge in [0.25, 0.3) is 10.2 Å². The average Bonchev–Trinajstić information content (AvgIpc) is 3.10. The van der Waals surface area contributed by atoms with Gasteiger partial charge in [0.1, 0.15) is 0 Å². The zero-order valence-electron chi connectivity index (χ0n) is 14.8. The van der Waals surface area contributed by atoms with E-state index in [0.29, 0.717) is 13.1 Å². The van der Waals surface area contributed by atoms with Gasteiger partial charge >= 0.3 is 0 Å². The van der Waals surface area contributed by atoms with Crippen molar-refractivity contribution in [3.05, 3.63) is 0 Å². The molecule has 0 unspecified atom stereocenters.